The Bertz CT molecular complexity index is 269. The van der Waals surface area contributed by atoms with Crippen molar-refractivity contribution in [2.75, 3.05) is 0 Å². The van der Waals surface area contributed by atoms with E-state index < -0.39 is 5.24 Å². The summed E-state index contributed by atoms with van der Waals surface area (Å²) in [6.45, 7) is 4.06. The molecule has 0 amide bonds. The zero-order chi connectivity index (χ0) is 8.43. The van der Waals surface area contributed by atoms with Gasteiger partial charge in [-0.1, -0.05) is 13.8 Å². The standard InChI is InChI=1S/C7H8ClNOS/c1-4(2)7-9-5(3-11-7)6(8)10/h3-4H,1-2H3. The maximum Gasteiger partial charge on any atom is 0.271 e. The van der Waals surface area contributed by atoms with Crippen LogP contribution in [0.25, 0.3) is 0 Å². The summed E-state index contributed by atoms with van der Waals surface area (Å²) in [6, 6.07) is 0. The summed E-state index contributed by atoms with van der Waals surface area (Å²) >= 11 is 6.70. The van der Waals surface area contributed by atoms with Crippen molar-refractivity contribution < 1.29 is 4.79 Å². The van der Waals surface area contributed by atoms with Gasteiger partial charge in [0.05, 0.1) is 5.01 Å². The molecule has 1 rings (SSSR count). The lowest BCUT2D eigenvalue weighted by molar-refractivity contribution is 0.107. The number of carbonyl (C=O) groups excluding carboxylic acids is 1. The molecule has 0 aliphatic rings. The van der Waals surface area contributed by atoms with E-state index >= 15 is 0 Å². The first-order chi connectivity index (χ1) is 5.11. The van der Waals surface area contributed by atoms with Crippen molar-refractivity contribution in [2.24, 2.45) is 0 Å². The van der Waals surface area contributed by atoms with Crippen molar-refractivity contribution >= 4 is 28.2 Å². The third-order valence-corrected chi connectivity index (χ3v) is 2.56. The van der Waals surface area contributed by atoms with Crippen molar-refractivity contribution in [1.82, 2.24) is 4.98 Å². The lowest BCUT2D eigenvalue weighted by Gasteiger charge is -1.94. The fourth-order valence-electron chi connectivity index (χ4n) is 0.643. The van der Waals surface area contributed by atoms with E-state index in [0.717, 1.165) is 5.01 Å². The van der Waals surface area contributed by atoms with Crippen LogP contribution in [0.3, 0.4) is 0 Å². The van der Waals surface area contributed by atoms with E-state index in [0.29, 0.717) is 11.6 Å². The molecule has 0 aromatic carbocycles. The van der Waals surface area contributed by atoms with Crippen LogP contribution in [0.15, 0.2) is 5.38 Å². The molecule has 0 saturated heterocycles. The topological polar surface area (TPSA) is 30.0 Å². The van der Waals surface area contributed by atoms with Gasteiger partial charge in [-0.25, -0.2) is 4.98 Å². The predicted octanol–water partition coefficient (Wildman–Crippen LogP) is 2.65. The predicted molar refractivity (Wildman–Crippen MR) is 46.4 cm³/mol. The molecular weight excluding hydrogens is 182 g/mol. The summed E-state index contributed by atoms with van der Waals surface area (Å²) in [7, 11) is 0. The van der Waals surface area contributed by atoms with Gasteiger partial charge in [-0.3, -0.25) is 4.79 Å². The Morgan fingerprint density at radius 3 is 2.64 bits per heavy atom. The van der Waals surface area contributed by atoms with Crippen LogP contribution in [0, 0.1) is 0 Å². The molecule has 1 aromatic rings. The Morgan fingerprint density at radius 1 is 1.73 bits per heavy atom. The normalized spacial score (nSPS) is 10.5. The van der Waals surface area contributed by atoms with Crippen LogP contribution in [0.5, 0.6) is 0 Å². The number of rotatable bonds is 2. The minimum Gasteiger partial charge on any atom is -0.274 e. The molecule has 0 aliphatic heterocycles. The monoisotopic (exact) mass is 189 g/mol. The Morgan fingerprint density at radius 2 is 2.36 bits per heavy atom. The van der Waals surface area contributed by atoms with Gasteiger partial charge < -0.3 is 0 Å². The first kappa shape index (κ1) is 8.68. The minimum absolute atomic E-state index is 0.361. The van der Waals surface area contributed by atoms with Crippen LogP contribution >= 0.6 is 22.9 Å². The summed E-state index contributed by atoms with van der Waals surface area (Å²) in [6.07, 6.45) is 0. The first-order valence-corrected chi connectivity index (χ1v) is 4.52. The molecule has 4 heteroatoms. The van der Waals surface area contributed by atoms with Crippen molar-refractivity contribution in [2.45, 2.75) is 19.8 Å². The zero-order valence-corrected chi connectivity index (χ0v) is 7.87. The van der Waals surface area contributed by atoms with Gasteiger partial charge in [0, 0.05) is 11.3 Å². The smallest absolute Gasteiger partial charge is 0.271 e. The van der Waals surface area contributed by atoms with E-state index in [1.165, 1.54) is 11.3 Å². The van der Waals surface area contributed by atoms with Crippen molar-refractivity contribution in [3.8, 4) is 0 Å². The average molecular weight is 190 g/mol. The summed E-state index contributed by atoms with van der Waals surface area (Å²) in [5.74, 6) is 0.366. The molecule has 1 heterocycles. The molecule has 0 unspecified atom stereocenters. The van der Waals surface area contributed by atoms with Crippen LogP contribution in [0.2, 0.25) is 0 Å². The molecule has 0 fully saturated rings. The average Bonchev–Trinajstić information content (AvgIpc) is 2.33. The number of nitrogens with zero attached hydrogens (tertiary/aromatic N) is 1. The number of carbonyl (C=O) groups is 1. The van der Waals surface area contributed by atoms with Crippen molar-refractivity contribution in [3.63, 3.8) is 0 Å². The van der Waals surface area contributed by atoms with Crippen LogP contribution in [-0.4, -0.2) is 10.2 Å². The molecule has 0 spiro atoms. The fraction of sp³-hybridized carbons (Fsp3) is 0.429. The Balaban J connectivity index is 2.90. The van der Waals surface area contributed by atoms with E-state index in [1.54, 1.807) is 5.38 Å². The van der Waals surface area contributed by atoms with Crippen molar-refractivity contribution in [1.29, 1.82) is 0 Å². The number of halogens is 1. The molecule has 2 nitrogen and oxygen atoms in total. The quantitative estimate of drug-likeness (QED) is 0.670. The minimum atomic E-state index is -0.479. The third-order valence-electron chi connectivity index (χ3n) is 1.22. The summed E-state index contributed by atoms with van der Waals surface area (Å²) in [5, 5.41) is 2.16. The molecule has 0 radical (unpaired) electrons. The van der Waals surface area contributed by atoms with Gasteiger partial charge >= 0.3 is 0 Å². The van der Waals surface area contributed by atoms with E-state index in [9.17, 15) is 4.79 Å². The summed E-state index contributed by atoms with van der Waals surface area (Å²) < 4.78 is 0. The molecular formula is C7H8ClNOS. The van der Waals surface area contributed by atoms with Gasteiger partial charge in [0.1, 0.15) is 5.69 Å². The van der Waals surface area contributed by atoms with Crippen LogP contribution < -0.4 is 0 Å². The number of hydrogen-bond donors (Lipinski definition) is 0. The van der Waals surface area contributed by atoms with Gasteiger partial charge in [0.25, 0.3) is 5.24 Å². The van der Waals surface area contributed by atoms with Crippen molar-refractivity contribution in [3.05, 3.63) is 16.1 Å². The number of hydrogen-bond acceptors (Lipinski definition) is 3. The third kappa shape index (κ3) is 2.01. The van der Waals surface area contributed by atoms with E-state index in [1.807, 2.05) is 13.8 Å². The highest BCUT2D eigenvalue weighted by Crippen LogP contribution is 2.19. The molecule has 0 N–H and O–H groups in total. The van der Waals surface area contributed by atoms with E-state index in [4.69, 9.17) is 11.6 Å². The van der Waals surface area contributed by atoms with Gasteiger partial charge in [-0.15, -0.1) is 11.3 Å². The summed E-state index contributed by atoms with van der Waals surface area (Å²) in [5.41, 5.74) is 0.361. The molecule has 0 atom stereocenters. The molecule has 0 bridgehead atoms. The molecule has 0 aliphatic carbocycles. The second-order valence-corrected chi connectivity index (χ2v) is 3.73. The van der Waals surface area contributed by atoms with Gasteiger partial charge in [0.2, 0.25) is 0 Å². The van der Waals surface area contributed by atoms with Crippen LogP contribution in [-0.2, 0) is 0 Å². The molecule has 60 valence electrons. The first-order valence-electron chi connectivity index (χ1n) is 3.26. The molecule has 1 aromatic heterocycles. The number of thiazole rings is 1. The van der Waals surface area contributed by atoms with Gasteiger partial charge in [-0.05, 0) is 11.6 Å². The van der Waals surface area contributed by atoms with Crippen LogP contribution in [0.1, 0.15) is 35.3 Å². The Hall–Kier alpha value is -0.410. The maximum atomic E-state index is 10.6. The number of aromatic nitrogens is 1. The van der Waals surface area contributed by atoms with E-state index in [-0.39, 0.29) is 0 Å². The highest BCUT2D eigenvalue weighted by atomic mass is 35.5. The van der Waals surface area contributed by atoms with Gasteiger partial charge in [0.15, 0.2) is 0 Å². The molecule has 11 heavy (non-hydrogen) atoms. The highest BCUT2D eigenvalue weighted by molar-refractivity contribution is 7.10. The summed E-state index contributed by atoms with van der Waals surface area (Å²) in [4.78, 5) is 14.6. The second-order valence-electron chi connectivity index (χ2n) is 2.50. The zero-order valence-electron chi connectivity index (χ0n) is 6.30. The largest absolute Gasteiger partial charge is 0.274 e. The highest BCUT2D eigenvalue weighted by Gasteiger charge is 2.09. The lowest BCUT2D eigenvalue weighted by Crippen LogP contribution is -1.91. The SMILES string of the molecule is CC(C)c1nc(C(=O)Cl)cs1. The Labute approximate surface area is 74.2 Å². The Kier molecular flexibility index (Phi) is 2.62. The lowest BCUT2D eigenvalue weighted by atomic mass is 10.2. The second kappa shape index (κ2) is 3.32. The van der Waals surface area contributed by atoms with Gasteiger partial charge in [-0.2, -0.15) is 0 Å². The fourth-order valence-corrected chi connectivity index (χ4v) is 1.62. The van der Waals surface area contributed by atoms with Crippen LogP contribution in [0.4, 0.5) is 0 Å². The van der Waals surface area contributed by atoms with E-state index in [2.05, 4.69) is 4.98 Å². The molecule has 0 saturated carbocycles. The maximum absolute atomic E-state index is 10.6.